The summed E-state index contributed by atoms with van der Waals surface area (Å²) in [6.07, 6.45) is 2.67. The molecule has 1 atom stereocenters. The van der Waals surface area contributed by atoms with E-state index in [1.807, 2.05) is 12.1 Å². The molecule has 54 valence electrons. The van der Waals surface area contributed by atoms with Crippen molar-refractivity contribution in [2.45, 2.75) is 12.5 Å². The zero-order valence-electron chi connectivity index (χ0n) is 5.54. The summed E-state index contributed by atoms with van der Waals surface area (Å²) in [5, 5.41) is 0. The van der Waals surface area contributed by atoms with E-state index in [1.54, 1.807) is 6.26 Å². The lowest BCUT2D eigenvalue weighted by Gasteiger charge is -2.01. The lowest BCUT2D eigenvalue weighted by atomic mass is 10.2. The molecule has 0 spiro atoms. The summed E-state index contributed by atoms with van der Waals surface area (Å²) in [6, 6.07) is 4.09. The molecule has 1 N–H and O–H groups in total. The third-order valence-corrected chi connectivity index (χ3v) is 1.62. The van der Waals surface area contributed by atoms with Crippen LogP contribution >= 0.6 is 0 Å². The molecular formula is C7H9NO2. The Morgan fingerprint density at radius 3 is 3.20 bits per heavy atom. The molecule has 1 fully saturated rings. The van der Waals surface area contributed by atoms with Crippen LogP contribution in [0.4, 0.5) is 0 Å². The van der Waals surface area contributed by atoms with Gasteiger partial charge >= 0.3 is 0 Å². The van der Waals surface area contributed by atoms with Gasteiger partial charge in [0.15, 0.2) is 0 Å². The molecule has 0 bridgehead atoms. The predicted octanol–water partition coefficient (Wildman–Crippen LogP) is 1.25. The average molecular weight is 139 g/mol. The van der Waals surface area contributed by atoms with Gasteiger partial charge in [0.2, 0.25) is 0 Å². The van der Waals surface area contributed by atoms with E-state index >= 15 is 0 Å². The summed E-state index contributed by atoms with van der Waals surface area (Å²) in [4.78, 5) is 4.97. The molecule has 2 heterocycles. The van der Waals surface area contributed by atoms with Gasteiger partial charge in [0, 0.05) is 0 Å². The van der Waals surface area contributed by atoms with Crippen molar-refractivity contribution in [3.05, 3.63) is 24.2 Å². The minimum absolute atomic E-state index is 0.259. The Morgan fingerprint density at radius 1 is 1.60 bits per heavy atom. The van der Waals surface area contributed by atoms with Crippen molar-refractivity contribution in [2.24, 2.45) is 0 Å². The molecule has 10 heavy (non-hydrogen) atoms. The molecule has 0 aromatic carbocycles. The summed E-state index contributed by atoms with van der Waals surface area (Å²) in [5.41, 5.74) is 2.87. The summed E-state index contributed by atoms with van der Waals surface area (Å²) in [5.74, 6) is 0.956. The Hall–Kier alpha value is -0.800. The Balaban J connectivity index is 2.12. The van der Waals surface area contributed by atoms with Crippen molar-refractivity contribution < 1.29 is 9.25 Å². The number of furan rings is 1. The fourth-order valence-corrected chi connectivity index (χ4v) is 1.09. The lowest BCUT2D eigenvalue weighted by Crippen LogP contribution is -2.10. The first-order valence-corrected chi connectivity index (χ1v) is 3.37. The van der Waals surface area contributed by atoms with Gasteiger partial charge in [-0.3, -0.25) is 0 Å². The van der Waals surface area contributed by atoms with Crippen LogP contribution in [0.3, 0.4) is 0 Å². The van der Waals surface area contributed by atoms with Gasteiger partial charge in [-0.1, -0.05) is 0 Å². The molecule has 2 rings (SSSR count). The van der Waals surface area contributed by atoms with E-state index in [0.29, 0.717) is 0 Å². The Labute approximate surface area is 58.9 Å². The minimum Gasteiger partial charge on any atom is -0.468 e. The minimum atomic E-state index is 0.259. The largest absolute Gasteiger partial charge is 0.468 e. The van der Waals surface area contributed by atoms with E-state index in [-0.39, 0.29) is 6.04 Å². The van der Waals surface area contributed by atoms with Crippen LogP contribution in [-0.2, 0) is 4.84 Å². The van der Waals surface area contributed by atoms with Gasteiger partial charge in [-0.25, -0.2) is 0 Å². The topological polar surface area (TPSA) is 34.4 Å². The predicted molar refractivity (Wildman–Crippen MR) is 35.2 cm³/mol. The van der Waals surface area contributed by atoms with Gasteiger partial charge < -0.3 is 9.25 Å². The van der Waals surface area contributed by atoms with Gasteiger partial charge in [-0.2, -0.15) is 5.48 Å². The van der Waals surface area contributed by atoms with Crippen LogP contribution in [0.25, 0.3) is 0 Å². The maximum atomic E-state index is 5.17. The fraction of sp³-hybridized carbons (Fsp3) is 0.429. The second-order valence-corrected chi connectivity index (χ2v) is 2.32. The van der Waals surface area contributed by atoms with Crippen molar-refractivity contribution in [2.75, 3.05) is 6.61 Å². The fourth-order valence-electron chi connectivity index (χ4n) is 1.09. The van der Waals surface area contributed by atoms with Gasteiger partial charge in [0.1, 0.15) is 5.76 Å². The molecule has 1 aliphatic rings. The van der Waals surface area contributed by atoms with Crippen LogP contribution in [0, 0.1) is 0 Å². The third kappa shape index (κ3) is 0.936. The zero-order chi connectivity index (χ0) is 6.81. The van der Waals surface area contributed by atoms with E-state index in [2.05, 4.69) is 5.48 Å². The van der Waals surface area contributed by atoms with E-state index in [9.17, 15) is 0 Å². The van der Waals surface area contributed by atoms with Gasteiger partial charge in [-0.15, -0.1) is 0 Å². The number of hydroxylamine groups is 1. The van der Waals surface area contributed by atoms with E-state index in [4.69, 9.17) is 9.25 Å². The monoisotopic (exact) mass is 139 g/mol. The van der Waals surface area contributed by atoms with Crippen LogP contribution < -0.4 is 5.48 Å². The van der Waals surface area contributed by atoms with Crippen LogP contribution in [0.1, 0.15) is 18.2 Å². The average Bonchev–Trinajstić information content (AvgIpc) is 2.59. The van der Waals surface area contributed by atoms with Crippen LogP contribution in [0.15, 0.2) is 22.8 Å². The first kappa shape index (κ1) is 5.95. The first-order valence-electron chi connectivity index (χ1n) is 3.37. The molecule has 0 unspecified atom stereocenters. The molecule has 1 aromatic rings. The molecule has 0 radical (unpaired) electrons. The van der Waals surface area contributed by atoms with E-state index in [0.717, 1.165) is 18.8 Å². The summed E-state index contributed by atoms with van der Waals surface area (Å²) in [7, 11) is 0. The summed E-state index contributed by atoms with van der Waals surface area (Å²) >= 11 is 0. The molecular weight excluding hydrogens is 130 g/mol. The second kappa shape index (κ2) is 2.44. The molecule has 0 aliphatic carbocycles. The van der Waals surface area contributed by atoms with Crippen molar-refractivity contribution in [3.63, 3.8) is 0 Å². The number of hydrogen-bond donors (Lipinski definition) is 1. The smallest absolute Gasteiger partial charge is 0.123 e. The van der Waals surface area contributed by atoms with E-state index in [1.165, 1.54) is 0 Å². The molecule has 1 aliphatic heterocycles. The van der Waals surface area contributed by atoms with Crippen molar-refractivity contribution in [1.82, 2.24) is 5.48 Å². The first-order chi connectivity index (χ1) is 4.97. The summed E-state index contributed by atoms with van der Waals surface area (Å²) < 4.78 is 5.17. The molecule has 0 saturated carbocycles. The standard InChI is InChI=1S/C7H9NO2/c1-2-7(9-4-1)6-3-5-10-8-6/h1-2,4,6,8H,3,5H2/t6-/m1/s1. The second-order valence-electron chi connectivity index (χ2n) is 2.32. The number of nitrogens with one attached hydrogen (secondary N) is 1. The normalized spacial score (nSPS) is 25.4. The molecule has 3 heteroatoms. The maximum absolute atomic E-state index is 5.17. The maximum Gasteiger partial charge on any atom is 0.123 e. The van der Waals surface area contributed by atoms with Gasteiger partial charge in [0.25, 0.3) is 0 Å². The zero-order valence-corrected chi connectivity index (χ0v) is 5.54. The Kier molecular flexibility index (Phi) is 1.45. The van der Waals surface area contributed by atoms with Crippen molar-refractivity contribution in [3.8, 4) is 0 Å². The highest BCUT2D eigenvalue weighted by atomic mass is 16.7. The quantitative estimate of drug-likeness (QED) is 0.635. The van der Waals surface area contributed by atoms with E-state index < -0.39 is 0 Å². The number of hydrogen-bond acceptors (Lipinski definition) is 3. The molecule has 1 saturated heterocycles. The molecule has 0 amide bonds. The van der Waals surface area contributed by atoms with Gasteiger partial charge in [0.05, 0.1) is 18.9 Å². The number of rotatable bonds is 1. The Bertz CT molecular complexity index is 189. The van der Waals surface area contributed by atoms with Crippen molar-refractivity contribution >= 4 is 0 Å². The van der Waals surface area contributed by atoms with Crippen LogP contribution in [0.5, 0.6) is 0 Å². The van der Waals surface area contributed by atoms with Gasteiger partial charge in [-0.05, 0) is 18.6 Å². The van der Waals surface area contributed by atoms with Crippen LogP contribution in [-0.4, -0.2) is 6.61 Å². The third-order valence-electron chi connectivity index (χ3n) is 1.62. The Morgan fingerprint density at radius 2 is 2.60 bits per heavy atom. The van der Waals surface area contributed by atoms with Crippen LogP contribution in [0.2, 0.25) is 0 Å². The molecule has 3 nitrogen and oxygen atoms in total. The summed E-state index contributed by atoms with van der Waals surface area (Å²) in [6.45, 7) is 0.769. The SMILES string of the molecule is c1coc([C@H]2CCON2)c1. The highest BCUT2D eigenvalue weighted by Crippen LogP contribution is 2.20. The van der Waals surface area contributed by atoms with Crippen molar-refractivity contribution in [1.29, 1.82) is 0 Å². The molecule has 1 aromatic heterocycles. The highest BCUT2D eigenvalue weighted by molar-refractivity contribution is 5.04. The highest BCUT2D eigenvalue weighted by Gasteiger charge is 2.18. The lowest BCUT2D eigenvalue weighted by molar-refractivity contribution is 0.0848.